The Morgan fingerprint density at radius 1 is 1.19 bits per heavy atom. The molecule has 118 valence electrons. The topological polar surface area (TPSA) is 24.9 Å². The standard InChI is InChI=1S/C18H30N2S/c1-11(2)7-16-17(10-19-12(3)4)21-18(20-16)15-9-13-5-6-14(15)8-13/h11-15,19H,5-10H2,1-4H3. The molecular weight excluding hydrogens is 276 g/mol. The minimum Gasteiger partial charge on any atom is -0.310 e. The van der Waals surface area contributed by atoms with Crippen molar-refractivity contribution in [3.63, 3.8) is 0 Å². The first-order valence-electron chi connectivity index (χ1n) is 8.74. The first-order chi connectivity index (χ1) is 10.0. The fourth-order valence-electron chi connectivity index (χ4n) is 4.09. The lowest BCUT2D eigenvalue weighted by Crippen LogP contribution is -2.22. The molecule has 3 rings (SSSR count). The average Bonchev–Trinajstić information content (AvgIpc) is 3.09. The molecule has 1 aromatic heterocycles. The lowest BCUT2D eigenvalue weighted by molar-refractivity contribution is 0.418. The molecule has 1 N–H and O–H groups in total. The van der Waals surface area contributed by atoms with Crippen LogP contribution in [-0.4, -0.2) is 11.0 Å². The summed E-state index contributed by atoms with van der Waals surface area (Å²) in [7, 11) is 0. The summed E-state index contributed by atoms with van der Waals surface area (Å²) in [5, 5.41) is 5.04. The Hall–Kier alpha value is -0.410. The fraction of sp³-hybridized carbons (Fsp3) is 0.833. The van der Waals surface area contributed by atoms with Crippen LogP contribution in [0.25, 0.3) is 0 Å². The summed E-state index contributed by atoms with van der Waals surface area (Å²) in [6, 6.07) is 0.546. The van der Waals surface area contributed by atoms with E-state index in [0.717, 1.165) is 30.7 Å². The quantitative estimate of drug-likeness (QED) is 0.821. The number of aromatic nitrogens is 1. The van der Waals surface area contributed by atoms with E-state index in [1.165, 1.54) is 41.3 Å². The molecule has 2 bridgehead atoms. The van der Waals surface area contributed by atoms with Gasteiger partial charge in [-0.25, -0.2) is 4.98 Å². The van der Waals surface area contributed by atoms with Gasteiger partial charge in [0.15, 0.2) is 0 Å². The third-order valence-electron chi connectivity index (χ3n) is 5.12. The van der Waals surface area contributed by atoms with E-state index >= 15 is 0 Å². The Kier molecular flexibility index (Phi) is 4.70. The van der Waals surface area contributed by atoms with Crippen LogP contribution in [0.2, 0.25) is 0 Å². The van der Waals surface area contributed by atoms with Crippen LogP contribution >= 0.6 is 11.3 Å². The fourth-order valence-corrected chi connectivity index (χ4v) is 5.34. The molecule has 2 aliphatic carbocycles. The predicted molar refractivity (Wildman–Crippen MR) is 90.8 cm³/mol. The summed E-state index contributed by atoms with van der Waals surface area (Å²) in [5.41, 5.74) is 1.38. The molecule has 0 spiro atoms. The Labute approximate surface area is 133 Å². The van der Waals surface area contributed by atoms with Gasteiger partial charge in [-0.1, -0.05) is 34.1 Å². The largest absolute Gasteiger partial charge is 0.310 e. The Bertz CT molecular complexity index is 478. The van der Waals surface area contributed by atoms with E-state index in [4.69, 9.17) is 4.98 Å². The summed E-state index contributed by atoms with van der Waals surface area (Å²) < 4.78 is 0. The maximum Gasteiger partial charge on any atom is 0.0965 e. The lowest BCUT2D eigenvalue weighted by Gasteiger charge is -2.19. The molecular formula is C18H30N2S. The van der Waals surface area contributed by atoms with Crippen LogP contribution in [0, 0.1) is 17.8 Å². The molecule has 2 nitrogen and oxygen atoms in total. The number of thiazole rings is 1. The molecule has 1 heterocycles. The zero-order valence-electron chi connectivity index (χ0n) is 14.0. The van der Waals surface area contributed by atoms with Crippen LogP contribution in [0.4, 0.5) is 0 Å². The third kappa shape index (κ3) is 3.50. The zero-order chi connectivity index (χ0) is 15.0. The first kappa shape index (κ1) is 15.5. The maximum absolute atomic E-state index is 5.11. The SMILES string of the molecule is CC(C)Cc1nc(C2CC3CCC2C3)sc1CNC(C)C. The van der Waals surface area contributed by atoms with Crippen LogP contribution in [0.5, 0.6) is 0 Å². The van der Waals surface area contributed by atoms with Gasteiger partial charge in [0.25, 0.3) is 0 Å². The summed E-state index contributed by atoms with van der Waals surface area (Å²) >= 11 is 2.01. The van der Waals surface area contributed by atoms with Crippen molar-refractivity contribution in [3.05, 3.63) is 15.6 Å². The van der Waals surface area contributed by atoms with E-state index in [0.29, 0.717) is 12.0 Å². The van der Waals surface area contributed by atoms with Gasteiger partial charge in [0, 0.05) is 23.4 Å². The van der Waals surface area contributed by atoms with Gasteiger partial charge >= 0.3 is 0 Å². The molecule has 0 amide bonds. The van der Waals surface area contributed by atoms with E-state index < -0.39 is 0 Å². The molecule has 0 aliphatic heterocycles. The molecule has 3 heteroatoms. The minimum absolute atomic E-state index is 0.546. The van der Waals surface area contributed by atoms with Crippen LogP contribution in [0.1, 0.15) is 74.9 Å². The molecule has 2 aliphatic rings. The van der Waals surface area contributed by atoms with Gasteiger partial charge < -0.3 is 5.32 Å². The van der Waals surface area contributed by atoms with E-state index in [2.05, 4.69) is 33.0 Å². The molecule has 2 fully saturated rings. The highest BCUT2D eigenvalue weighted by Gasteiger charge is 2.41. The summed E-state index contributed by atoms with van der Waals surface area (Å²) in [6.45, 7) is 10.0. The van der Waals surface area contributed by atoms with Crippen molar-refractivity contribution in [1.82, 2.24) is 10.3 Å². The molecule has 0 radical (unpaired) electrons. The Morgan fingerprint density at radius 3 is 2.57 bits per heavy atom. The predicted octanol–water partition coefficient (Wildman–Crippen LogP) is 4.74. The van der Waals surface area contributed by atoms with E-state index in [1.807, 2.05) is 11.3 Å². The highest BCUT2D eigenvalue weighted by Crippen LogP contribution is 2.53. The van der Waals surface area contributed by atoms with Gasteiger partial charge in [0.2, 0.25) is 0 Å². The number of hydrogen-bond donors (Lipinski definition) is 1. The number of hydrogen-bond acceptors (Lipinski definition) is 3. The van der Waals surface area contributed by atoms with Crippen molar-refractivity contribution in [1.29, 1.82) is 0 Å². The number of fused-ring (bicyclic) bond motifs is 2. The van der Waals surface area contributed by atoms with Gasteiger partial charge in [0.05, 0.1) is 10.7 Å². The van der Waals surface area contributed by atoms with Gasteiger partial charge in [-0.15, -0.1) is 11.3 Å². The van der Waals surface area contributed by atoms with Crippen LogP contribution < -0.4 is 5.32 Å². The van der Waals surface area contributed by atoms with E-state index in [1.54, 1.807) is 0 Å². The number of rotatable bonds is 6. The highest BCUT2D eigenvalue weighted by atomic mass is 32.1. The Balaban J connectivity index is 1.77. The molecule has 1 aromatic rings. The number of nitrogens with one attached hydrogen (secondary N) is 1. The van der Waals surface area contributed by atoms with E-state index in [-0.39, 0.29) is 0 Å². The summed E-state index contributed by atoms with van der Waals surface area (Å²) in [5.74, 6) is 3.43. The van der Waals surface area contributed by atoms with Crippen LogP contribution in [0.15, 0.2) is 0 Å². The van der Waals surface area contributed by atoms with E-state index in [9.17, 15) is 0 Å². The molecule has 21 heavy (non-hydrogen) atoms. The van der Waals surface area contributed by atoms with Gasteiger partial charge in [-0.2, -0.15) is 0 Å². The molecule has 0 saturated heterocycles. The summed E-state index contributed by atoms with van der Waals surface area (Å²) in [6.07, 6.45) is 6.95. The van der Waals surface area contributed by atoms with Gasteiger partial charge in [-0.3, -0.25) is 0 Å². The second kappa shape index (κ2) is 6.37. The third-order valence-corrected chi connectivity index (χ3v) is 6.35. The zero-order valence-corrected chi connectivity index (χ0v) is 14.8. The first-order valence-corrected chi connectivity index (χ1v) is 9.56. The molecule has 3 unspecified atom stereocenters. The highest BCUT2D eigenvalue weighted by molar-refractivity contribution is 7.11. The van der Waals surface area contributed by atoms with Crippen molar-refractivity contribution < 1.29 is 0 Å². The van der Waals surface area contributed by atoms with Crippen molar-refractivity contribution in [2.45, 2.75) is 78.3 Å². The second-order valence-electron chi connectivity index (χ2n) is 7.84. The van der Waals surface area contributed by atoms with Crippen LogP contribution in [-0.2, 0) is 13.0 Å². The van der Waals surface area contributed by atoms with Crippen molar-refractivity contribution in [3.8, 4) is 0 Å². The molecule has 2 saturated carbocycles. The molecule has 0 aromatic carbocycles. The lowest BCUT2D eigenvalue weighted by atomic mass is 9.89. The van der Waals surface area contributed by atoms with Crippen molar-refractivity contribution >= 4 is 11.3 Å². The molecule has 3 atom stereocenters. The normalized spacial score (nSPS) is 28.2. The second-order valence-corrected chi connectivity index (χ2v) is 8.95. The van der Waals surface area contributed by atoms with Gasteiger partial charge in [0.1, 0.15) is 0 Å². The summed E-state index contributed by atoms with van der Waals surface area (Å²) in [4.78, 5) is 6.60. The minimum atomic E-state index is 0.546. The van der Waals surface area contributed by atoms with Gasteiger partial charge in [-0.05, 0) is 43.4 Å². The Morgan fingerprint density at radius 2 is 2.00 bits per heavy atom. The smallest absolute Gasteiger partial charge is 0.0965 e. The van der Waals surface area contributed by atoms with Crippen molar-refractivity contribution in [2.24, 2.45) is 17.8 Å². The monoisotopic (exact) mass is 306 g/mol. The maximum atomic E-state index is 5.11. The van der Waals surface area contributed by atoms with Crippen molar-refractivity contribution in [2.75, 3.05) is 0 Å². The van der Waals surface area contributed by atoms with Crippen LogP contribution in [0.3, 0.4) is 0 Å². The number of nitrogens with zero attached hydrogens (tertiary/aromatic N) is 1. The average molecular weight is 307 g/mol.